The molecule has 0 fully saturated rings. The molecule has 2 aromatic rings. The lowest BCUT2D eigenvalue weighted by Gasteiger charge is -2.12. The summed E-state index contributed by atoms with van der Waals surface area (Å²) < 4.78 is 23.7. The zero-order valence-electron chi connectivity index (χ0n) is 13.4. The van der Waals surface area contributed by atoms with Gasteiger partial charge in [0.1, 0.15) is 11.4 Å². The van der Waals surface area contributed by atoms with Crippen LogP contribution in [0.1, 0.15) is 26.3 Å². The van der Waals surface area contributed by atoms with Crippen molar-refractivity contribution in [1.82, 2.24) is 5.43 Å². The van der Waals surface area contributed by atoms with Gasteiger partial charge in [0.15, 0.2) is 11.5 Å². The number of benzene rings is 2. The Morgan fingerprint density at radius 3 is 2.48 bits per heavy atom. The van der Waals surface area contributed by atoms with Crippen LogP contribution in [0.2, 0.25) is 0 Å². The van der Waals surface area contributed by atoms with Crippen molar-refractivity contribution in [2.75, 3.05) is 14.2 Å². The van der Waals surface area contributed by atoms with E-state index in [2.05, 4.69) is 10.5 Å². The Morgan fingerprint density at radius 2 is 1.88 bits per heavy atom. The number of hydrogen-bond acceptors (Lipinski definition) is 5. The Labute approximate surface area is 142 Å². The highest BCUT2D eigenvalue weighted by Gasteiger charge is 2.20. The number of carbonyl (C=O) groups excluding carboxylic acids is 1. The molecule has 0 radical (unpaired) electrons. The number of halogens is 1. The van der Waals surface area contributed by atoms with Crippen LogP contribution in [-0.4, -0.2) is 37.4 Å². The number of nitrogens with one attached hydrogen (secondary N) is 1. The van der Waals surface area contributed by atoms with Crippen LogP contribution >= 0.6 is 0 Å². The molecule has 0 aliphatic carbocycles. The highest BCUT2D eigenvalue weighted by atomic mass is 19.1. The quantitative estimate of drug-likeness (QED) is 0.618. The van der Waals surface area contributed by atoms with Gasteiger partial charge in [0.2, 0.25) is 0 Å². The second-order valence-electron chi connectivity index (χ2n) is 4.75. The van der Waals surface area contributed by atoms with Gasteiger partial charge in [-0.2, -0.15) is 5.10 Å². The average molecular weight is 346 g/mol. The maximum Gasteiger partial charge on any atom is 0.340 e. The minimum atomic E-state index is -1.25. The fourth-order valence-electron chi connectivity index (χ4n) is 2.14. The SMILES string of the molecule is COc1ccc(/C=N\NC(=O)c2ccccc2F)c(C(=O)O)c1OC. The van der Waals surface area contributed by atoms with E-state index in [0.717, 1.165) is 12.3 Å². The molecule has 0 unspecified atom stereocenters. The van der Waals surface area contributed by atoms with E-state index in [1.54, 1.807) is 0 Å². The minimum Gasteiger partial charge on any atom is -0.493 e. The molecule has 1 amide bonds. The second kappa shape index (κ2) is 7.91. The third-order valence-electron chi connectivity index (χ3n) is 3.28. The predicted molar refractivity (Wildman–Crippen MR) is 88.0 cm³/mol. The largest absolute Gasteiger partial charge is 0.493 e. The summed E-state index contributed by atoms with van der Waals surface area (Å²) in [6.45, 7) is 0. The average Bonchev–Trinajstić information content (AvgIpc) is 2.60. The molecule has 0 bridgehead atoms. The van der Waals surface area contributed by atoms with E-state index in [4.69, 9.17) is 9.47 Å². The minimum absolute atomic E-state index is 0.0272. The molecule has 130 valence electrons. The number of hydrazone groups is 1. The van der Waals surface area contributed by atoms with Crippen molar-refractivity contribution in [3.63, 3.8) is 0 Å². The Kier molecular flexibility index (Phi) is 5.67. The van der Waals surface area contributed by atoms with Crippen molar-refractivity contribution < 1.29 is 28.6 Å². The number of carbonyl (C=O) groups is 2. The van der Waals surface area contributed by atoms with Gasteiger partial charge >= 0.3 is 5.97 Å². The summed E-state index contributed by atoms with van der Waals surface area (Å²) in [5.41, 5.74) is 1.97. The van der Waals surface area contributed by atoms with E-state index < -0.39 is 17.7 Å². The lowest BCUT2D eigenvalue weighted by atomic mass is 10.1. The van der Waals surface area contributed by atoms with Crippen LogP contribution in [0.4, 0.5) is 4.39 Å². The van der Waals surface area contributed by atoms with Crippen molar-refractivity contribution in [2.45, 2.75) is 0 Å². The fraction of sp³-hybridized carbons (Fsp3) is 0.118. The molecule has 0 aliphatic heterocycles. The first-order valence-corrected chi connectivity index (χ1v) is 7.05. The molecule has 2 N–H and O–H groups in total. The maximum absolute atomic E-state index is 13.5. The van der Waals surface area contributed by atoms with Crippen LogP contribution in [0.25, 0.3) is 0 Å². The van der Waals surface area contributed by atoms with Crippen LogP contribution in [0.5, 0.6) is 11.5 Å². The predicted octanol–water partition coefficient (Wildman–Crippen LogP) is 2.31. The summed E-state index contributed by atoms with van der Waals surface area (Å²) in [5, 5.41) is 13.1. The number of carboxylic acid groups (broad SMARTS) is 1. The third kappa shape index (κ3) is 3.92. The Morgan fingerprint density at radius 1 is 1.16 bits per heavy atom. The highest BCUT2D eigenvalue weighted by Crippen LogP contribution is 2.32. The summed E-state index contributed by atoms with van der Waals surface area (Å²) in [6, 6.07) is 8.38. The molecule has 0 spiro atoms. The number of rotatable bonds is 6. The molecular weight excluding hydrogens is 331 g/mol. The third-order valence-corrected chi connectivity index (χ3v) is 3.28. The van der Waals surface area contributed by atoms with Gasteiger partial charge in [-0.3, -0.25) is 4.79 Å². The number of nitrogens with zero attached hydrogens (tertiary/aromatic N) is 1. The molecule has 8 heteroatoms. The Bertz CT molecular complexity index is 836. The molecule has 0 saturated heterocycles. The summed E-state index contributed by atoms with van der Waals surface area (Å²) in [6.07, 6.45) is 1.13. The number of aromatic carboxylic acids is 1. The van der Waals surface area contributed by atoms with Crippen molar-refractivity contribution in [1.29, 1.82) is 0 Å². The standard InChI is InChI=1S/C17H15FN2O5/c1-24-13-8-7-10(14(17(22)23)15(13)25-2)9-19-20-16(21)11-5-3-4-6-12(11)18/h3-9H,1-2H3,(H,20,21)(H,22,23)/b19-9-. The van der Waals surface area contributed by atoms with Gasteiger partial charge in [-0.05, 0) is 24.3 Å². The zero-order chi connectivity index (χ0) is 18.4. The Hall–Kier alpha value is -3.42. The first-order valence-electron chi connectivity index (χ1n) is 7.05. The first kappa shape index (κ1) is 17.9. The van der Waals surface area contributed by atoms with Gasteiger partial charge in [0, 0.05) is 5.56 Å². The summed E-state index contributed by atoms with van der Waals surface area (Å²) in [5.74, 6) is -2.43. The van der Waals surface area contributed by atoms with Crippen molar-refractivity contribution >= 4 is 18.1 Å². The van der Waals surface area contributed by atoms with E-state index in [1.807, 2.05) is 0 Å². The number of hydrogen-bond donors (Lipinski definition) is 2. The van der Waals surface area contributed by atoms with Crippen LogP contribution in [0, 0.1) is 5.82 Å². The summed E-state index contributed by atoms with van der Waals surface area (Å²) >= 11 is 0. The molecule has 0 heterocycles. The zero-order valence-corrected chi connectivity index (χ0v) is 13.4. The van der Waals surface area contributed by atoms with Gasteiger partial charge in [0.05, 0.1) is 26.0 Å². The number of methoxy groups -OCH3 is 2. The molecule has 0 aromatic heterocycles. The highest BCUT2D eigenvalue weighted by molar-refractivity contribution is 6.02. The van der Waals surface area contributed by atoms with Crippen LogP contribution in [-0.2, 0) is 0 Å². The van der Waals surface area contributed by atoms with E-state index in [-0.39, 0.29) is 28.2 Å². The molecule has 0 atom stereocenters. The van der Waals surface area contributed by atoms with Gasteiger partial charge in [-0.15, -0.1) is 0 Å². The van der Waals surface area contributed by atoms with Gasteiger partial charge in [0.25, 0.3) is 5.91 Å². The lowest BCUT2D eigenvalue weighted by Crippen LogP contribution is -2.19. The smallest absolute Gasteiger partial charge is 0.340 e. The van der Waals surface area contributed by atoms with Crippen molar-refractivity contribution in [3.05, 3.63) is 58.9 Å². The molecular formula is C17H15FN2O5. The molecule has 0 aliphatic rings. The first-order chi connectivity index (χ1) is 12.0. The number of ether oxygens (including phenoxy) is 2. The lowest BCUT2D eigenvalue weighted by molar-refractivity contribution is 0.0692. The van der Waals surface area contributed by atoms with Gasteiger partial charge in [-0.1, -0.05) is 12.1 Å². The van der Waals surface area contributed by atoms with E-state index in [0.29, 0.717) is 0 Å². The summed E-state index contributed by atoms with van der Waals surface area (Å²) in [7, 11) is 2.69. The number of amides is 1. The van der Waals surface area contributed by atoms with Crippen LogP contribution in [0.15, 0.2) is 41.5 Å². The van der Waals surface area contributed by atoms with E-state index >= 15 is 0 Å². The van der Waals surface area contributed by atoms with Crippen LogP contribution < -0.4 is 14.9 Å². The topological polar surface area (TPSA) is 97.2 Å². The monoisotopic (exact) mass is 346 g/mol. The molecule has 25 heavy (non-hydrogen) atoms. The number of carboxylic acids is 1. The normalized spacial score (nSPS) is 10.5. The van der Waals surface area contributed by atoms with Gasteiger partial charge in [-0.25, -0.2) is 14.6 Å². The molecule has 2 rings (SSSR count). The van der Waals surface area contributed by atoms with E-state index in [9.17, 15) is 19.1 Å². The fourth-order valence-corrected chi connectivity index (χ4v) is 2.14. The molecule has 2 aromatic carbocycles. The van der Waals surface area contributed by atoms with Gasteiger partial charge < -0.3 is 14.6 Å². The molecule has 7 nitrogen and oxygen atoms in total. The van der Waals surface area contributed by atoms with Crippen LogP contribution in [0.3, 0.4) is 0 Å². The summed E-state index contributed by atoms with van der Waals surface area (Å²) in [4.78, 5) is 23.4. The van der Waals surface area contributed by atoms with E-state index in [1.165, 1.54) is 44.6 Å². The van der Waals surface area contributed by atoms with Crippen molar-refractivity contribution in [3.8, 4) is 11.5 Å². The Balaban J connectivity index is 2.28. The second-order valence-corrected chi connectivity index (χ2v) is 4.75. The van der Waals surface area contributed by atoms with Crippen molar-refractivity contribution in [2.24, 2.45) is 5.10 Å². The maximum atomic E-state index is 13.5. The molecule has 0 saturated carbocycles.